The Balaban J connectivity index is 3.06. The van der Waals surface area contributed by atoms with Crippen LogP contribution in [0, 0.1) is 3.57 Å². The predicted molar refractivity (Wildman–Crippen MR) is 53.8 cm³/mol. The molecule has 3 heteroatoms. The summed E-state index contributed by atoms with van der Waals surface area (Å²) in [6, 6.07) is 7.78. The quantitative estimate of drug-likeness (QED) is 0.429. The van der Waals surface area contributed by atoms with E-state index >= 15 is 0 Å². The summed E-state index contributed by atoms with van der Waals surface area (Å²) in [6.07, 6.45) is 0. The van der Waals surface area contributed by atoms with Gasteiger partial charge in [-0.25, -0.2) is 0 Å². The van der Waals surface area contributed by atoms with Crippen LogP contribution in [-0.4, -0.2) is 5.16 Å². The number of thiocarbonyl (C=S) groups is 1. The second-order valence-corrected chi connectivity index (χ2v) is 3.11. The Bertz CT molecular complexity index is 279. The Morgan fingerprint density at radius 3 is 2.90 bits per heavy atom. The van der Waals surface area contributed by atoms with E-state index in [-0.39, 0.29) is 0 Å². The molecule has 0 spiro atoms. The van der Waals surface area contributed by atoms with Gasteiger partial charge in [-0.1, -0.05) is 6.07 Å². The van der Waals surface area contributed by atoms with Crippen LogP contribution in [0.25, 0.3) is 0 Å². The molecule has 0 fully saturated rings. The van der Waals surface area contributed by atoms with Crippen LogP contribution in [0.3, 0.4) is 0 Å². The Kier molecular flexibility index (Phi) is 2.99. The van der Waals surface area contributed by atoms with Gasteiger partial charge < -0.3 is 0 Å². The lowest BCUT2D eigenvalue weighted by molar-refractivity contribution is 1.53. The summed E-state index contributed by atoms with van der Waals surface area (Å²) >= 11 is 6.68. The largest absolute Gasteiger partial charge is 0.195 e. The van der Waals surface area contributed by atoms with Crippen molar-refractivity contribution < 1.29 is 0 Å². The first-order valence-electron chi connectivity index (χ1n) is 2.66. The van der Waals surface area contributed by atoms with Crippen LogP contribution in [0.1, 0.15) is 0 Å². The lowest BCUT2D eigenvalue weighted by Crippen LogP contribution is -1.66. The molecule has 0 N–H and O–H groups in total. The molecule has 50 valence electrons. The number of halogens is 1. The van der Waals surface area contributed by atoms with Crippen molar-refractivity contribution in [3.63, 3.8) is 0 Å². The van der Waals surface area contributed by atoms with Crippen LogP contribution in [0.5, 0.6) is 0 Å². The van der Waals surface area contributed by atoms with E-state index in [0.29, 0.717) is 0 Å². The third-order valence-electron chi connectivity index (χ3n) is 0.983. The summed E-state index contributed by atoms with van der Waals surface area (Å²) in [7, 11) is 0. The molecule has 1 aromatic rings. The van der Waals surface area contributed by atoms with Crippen molar-refractivity contribution in [3.05, 3.63) is 27.8 Å². The molecule has 0 unspecified atom stereocenters. The van der Waals surface area contributed by atoms with Gasteiger partial charge in [0.25, 0.3) is 0 Å². The monoisotopic (exact) mass is 259 g/mol. The first kappa shape index (κ1) is 7.85. The van der Waals surface area contributed by atoms with Crippen LogP contribution in [0.2, 0.25) is 0 Å². The molecule has 10 heavy (non-hydrogen) atoms. The van der Waals surface area contributed by atoms with Gasteiger partial charge in [-0.2, -0.15) is 4.99 Å². The predicted octanol–water partition coefficient (Wildman–Crippen LogP) is 3.03. The molecule has 0 aliphatic rings. The molecule has 0 bridgehead atoms. The summed E-state index contributed by atoms with van der Waals surface area (Å²) in [4.78, 5) is 3.83. The maximum Gasteiger partial charge on any atom is 0.0750 e. The van der Waals surface area contributed by atoms with Crippen LogP contribution in [0.4, 0.5) is 5.69 Å². The number of benzene rings is 1. The molecule has 1 nitrogen and oxygen atoms in total. The van der Waals surface area contributed by atoms with Gasteiger partial charge in [0, 0.05) is 3.57 Å². The minimum Gasteiger partial charge on any atom is -0.195 e. The molecular weight excluding hydrogens is 255 g/mol. The summed E-state index contributed by atoms with van der Waals surface area (Å²) in [5.74, 6) is 0. The Morgan fingerprint density at radius 1 is 1.50 bits per heavy atom. The Labute approximate surface area is 78.3 Å². The van der Waals surface area contributed by atoms with Crippen LogP contribution >= 0.6 is 34.8 Å². The zero-order valence-corrected chi connectivity index (χ0v) is 8.02. The van der Waals surface area contributed by atoms with E-state index in [4.69, 9.17) is 0 Å². The normalized spacial score (nSPS) is 8.50. The van der Waals surface area contributed by atoms with Crippen molar-refractivity contribution in [1.29, 1.82) is 0 Å². The zero-order valence-electron chi connectivity index (χ0n) is 5.04. The minimum atomic E-state index is 0.863. The fraction of sp³-hybridized carbons (Fsp3) is 0. The van der Waals surface area contributed by atoms with E-state index in [0.717, 1.165) is 9.26 Å². The Morgan fingerprint density at radius 2 is 2.30 bits per heavy atom. The van der Waals surface area contributed by atoms with E-state index in [9.17, 15) is 0 Å². The fourth-order valence-corrected chi connectivity index (χ4v) is 1.23. The number of aliphatic imine (C=N–C) groups is 1. The average molecular weight is 259 g/mol. The maximum atomic E-state index is 4.46. The molecule has 1 rings (SSSR count). The van der Waals surface area contributed by atoms with Crippen molar-refractivity contribution >= 4 is 45.7 Å². The SMILES string of the molecule is S=C=Nc1cccc([125I])c1. The molecule has 0 aliphatic carbocycles. The smallest absolute Gasteiger partial charge is 0.0750 e. The number of nitrogens with zero attached hydrogens (tertiary/aromatic N) is 1. The van der Waals surface area contributed by atoms with Gasteiger partial charge in [-0.15, -0.1) is 0 Å². The average Bonchev–Trinajstić information content (AvgIpc) is 1.88. The zero-order chi connectivity index (χ0) is 7.40. The molecular formula is C7H4INS. The van der Waals surface area contributed by atoms with Crippen LogP contribution in [-0.2, 0) is 0 Å². The van der Waals surface area contributed by atoms with Crippen molar-refractivity contribution in [2.45, 2.75) is 0 Å². The Hall–Kier alpha value is -0.250. The minimum absolute atomic E-state index is 0.863. The third-order valence-corrected chi connectivity index (χ3v) is 1.75. The highest BCUT2D eigenvalue weighted by Gasteiger charge is 1.87. The number of hydrogen-bond donors (Lipinski definition) is 0. The fourth-order valence-electron chi connectivity index (χ4n) is 0.598. The van der Waals surface area contributed by atoms with Crippen molar-refractivity contribution in [3.8, 4) is 0 Å². The molecule has 0 amide bonds. The van der Waals surface area contributed by atoms with Crippen molar-refractivity contribution in [2.24, 2.45) is 4.99 Å². The van der Waals surface area contributed by atoms with Crippen molar-refractivity contribution in [1.82, 2.24) is 0 Å². The highest BCUT2D eigenvalue weighted by atomic mass is 125. The molecule has 0 aliphatic heterocycles. The second kappa shape index (κ2) is 3.81. The van der Waals surface area contributed by atoms with Gasteiger partial charge >= 0.3 is 0 Å². The maximum absolute atomic E-state index is 4.46. The molecule has 1 aromatic carbocycles. The summed E-state index contributed by atoms with van der Waals surface area (Å²) in [5, 5.41) is 2.32. The molecule has 0 saturated carbocycles. The van der Waals surface area contributed by atoms with Gasteiger partial charge in [-0.3, -0.25) is 0 Å². The molecule has 0 saturated heterocycles. The number of hydrogen-bond acceptors (Lipinski definition) is 2. The van der Waals surface area contributed by atoms with Gasteiger partial charge in [0.05, 0.1) is 10.8 Å². The molecule has 0 heterocycles. The van der Waals surface area contributed by atoms with E-state index < -0.39 is 0 Å². The van der Waals surface area contributed by atoms with E-state index in [1.807, 2.05) is 24.3 Å². The molecule has 0 aromatic heterocycles. The van der Waals surface area contributed by atoms with Gasteiger partial charge in [-0.05, 0) is 53.0 Å². The number of rotatable bonds is 1. The van der Waals surface area contributed by atoms with Crippen LogP contribution < -0.4 is 0 Å². The first-order valence-corrected chi connectivity index (χ1v) is 4.15. The molecule has 0 radical (unpaired) electrons. The van der Waals surface area contributed by atoms with E-state index in [1.54, 1.807) is 0 Å². The van der Waals surface area contributed by atoms with E-state index in [2.05, 4.69) is 45.0 Å². The second-order valence-electron chi connectivity index (χ2n) is 1.68. The van der Waals surface area contributed by atoms with Gasteiger partial charge in [0.1, 0.15) is 0 Å². The van der Waals surface area contributed by atoms with E-state index in [1.165, 1.54) is 0 Å². The highest BCUT2D eigenvalue weighted by Crippen LogP contribution is 2.14. The summed E-state index contributed by atoms with van der Waals surface area (Å²) < 4.78 is 1.16. The lowest BCUT2D eigenvalue weighted by Gasteiger charge is -1.89. The van der Waals surface area contributed by atoms with Crippen molar-refractivity contribution in [2.75, 3.05) is 0 Å². The lowest BCUT2D eigenvalue weighted by atomic mass is 10.3. The summed E-state index contributed by atoms with van der Waals surface area (Å²) in [6.45, 7) is 0. The standard InChI is InChI=1S/C7H4INS/c8-6-2-1-3-7(4-6)9-5-10/h1-4H/i8-2. The third kappa shape index (κ3) is 2.17. The van der Waals surface area contributed by atoms with Gasteiger partial charge in [0.15, 0.2) is 0 Å². The highest BCUT2D eigenvalue weighted by molar-refractivity contribution is 14.1. The topological polar surface area (TPSA) is 12.4 Å². The summed E-state index contributed by atoms with van der Waals surface area (Å²) in [5.41, 5.74) is 0.863. The number of isothiocyanates is 1. The molecule has 0 atom stereocenters. The van der Waals surface area contributed by atoms with Gasteiger partial charge in [0.2, 0.25) is 0 Å². The van der Waals surface area contributed by atoms with Crippen LogP contribution in [0.15, 0.2) is 29.3 Å². The first-order chi connectivity index (χ1) is 4.83.